The van der Waals surface area contributed by atoms with Crippen molar-refractivity contribution in [3.63, 3.8) is 0 Å². The summed E-state index contributed by atoms with van der Waals surface area (Å²) in [6.07, 6.45) is 2.57. The second kappa shape index (κ2) is 10.8. The predicted octanol–water partition coefficient (Wildman–Crippen LogP) is 3.28. The first kappa shape index (κ1) is 24.2. The monoisotopic (exact) mass is 419 g/mol. The van der Waals surface area contributed by atoms with Gasteiger partial charge in [-0.3, -0.25) is 9.59 Å². The molecule has 0 unspecified atom stereocenters. The number of ether oxygens (including phenoxy) is 2. The van der Waals surface area contributed by atoms with E-state index in [9.17, 15) is 9.59 Å². The Balaban J connectivity index is 2.27. The first-order valence-electron chi connectivity index (χ1n) is 10.6. The second-order valence-corrected chi connectivity index (χ2v) is 9.37. The Morgan fingerprint density at radius 3 is 2.57 bits per heavy atom. The zero-order valence-electron chi connectivity index (χ0n) is 19.3. The molecule has 30 heavy (non-hydrogen) atoms. The number of amides is 2. The van der Waals surface area contributed by atoms with Crippen LogP contribution in [0, 0.1) is 5.41 Å². The highest BCUT2D eigenvalue weighted by Crippen LogP contribution is 2.27. The van der Waals surface area contributed by atoms with Crippen LogP contribution in [0.1, 0.15) is 45.6 Å². The molecule has 1 saturated heterocycles. The average Bonchev–Trinajstić information content (AvgIpc) is 3.13. The molecule has 1 aromatic rings. The van der Waals surface area contributed by atoms with Crippen LogP contribution in [0.25, 0.3) is 0 Å². The minimum atomic E-state index is -0.207. The molecule has 7 nitrogen and oxygen atoms in total. The van der Waals surface area contributed by atoms with Crippen molar-refractivity contribution in [3.05, 3.63) is 23.8 Å². The maximum atomic E-state index is 13.2. The lowest BCUT2D eigenvalue weighted by molar-refractivity contribution is -0.135. The third-order valence-corrected chi connectivity index (χ3v) is 4.96. The zero-order valence-corrected chi connectivity index (χ0v) is 19.3. The summed E-state index contributed by atoms with van der Waals surface area (Å²) in [6, 6.07) is 5.78. The van der Waals surface area contributed by atoms with E-state index in [-0.39, 0.29) is 29.9 Å². The lowest BCUT2D eigenvalue weighted by atomic mass is 9.91. The van der Waals surface area contributed by atoms with Crippen LogP contribution in [0.2, 0.25) is 0 Å². The van der Waals surface area contributed by atoms with Crippen LogP contribution in [0.15, 0.2) is 18.2 Å². The number of carbonyl (C=O) groups excluding carboxylic acids is 2. The van der Waals surface area contributed by atoms with Gasteiger partial charge in [-0.15, -0.1) is 0 Å². The Kier molecular flexibility index (Phi) is 8.67. The van der Waals surface area contributed by atoms with Gasteiger partial charge in [0.05, 0.1) is 6.10 Å². The Labute approximate surface area is 180 Å². The summed E-state index contributed by atoms with van der Waals surface area (Å²) in [6.45, 7) is 8.04. The van der Waals surface area contributed by atoms with Crippen molar-refractivity contribution in [3.8, 4) is 0 Å². The minimum Gasteiger partial charge on any atom is -0.377 e. The van der Waals surface area contributed by atoms with Crippen LogP contribution in [0.3, 0.4) is 0 Å². The van der Waals surface area contributed by atoms with E-state index in [1.54, 1.807) is 0 Å². The quantitative estimate of drug-likeness (QED) is 0.665. The number of nitrogens with one attached hydrogen (secondary N) is 1. The molecule has 1 atom stereocenters. The van der Waals surface area contributed by atoms with Gasteiger partial charge in [-0.2, -0.15) is 0 Å². The Hall–Kier alpha value is -2.12. The van der Waals surface area contributed by atoms with Crippen molar-refractivity contribution in [2.75, 3.05) is 51.2 Å². The van der Waals surface area contributed by atoms with E-state index in [4.69, 9.17) is 9.47 Å². The number of methoxy groups -OCH3 is 1. The van der Waals surface area contributed by atoms with E-state index in [0.29, 0.717) is 25.2 Å². The average molecular weight is 420 g/mol. The van der Waals surface area contributed by atoms with Crippen molar-refractivity contribution in [2.45, 2.75) is 52.7 Å². The van der Waals surface area contributed by atoms with Crippen LogP contribution in [0.4, 0.5) is 11.4 Å². The van der Waals surface area contributed by atoms with E-state index < -0.39 is 0 Å². The number of nitrogens with zero attached hydrogens (tertiary/aromatic N) is 2. The van der Waals surface area contributed by atoms with Gasteiger partial charge in [0.1, 0.15) is 6.61 Å². The van der Waals surface area contributed by atoms with Crippen LogP contribution in [-0.2, 0) is 25.6 Å². The fourth-order valence-corrected chi connectivity index (χ4v) is 3.61. The largest absolute Gasteiger partial charge is 0.377 e. The molecule has 1 heterocycles. The highest BCUT2D eigenvalue weighted by Gasteiger charge is 2.26. The molecular weight excluding hydrogens is 382 g/mol. The van der Waals surface area contributed by atoms with E-state index in [2.05, 4.69) is 26.1 Å². The van der Waals surface area contributed by atoms with E-state index in [1.807, 2.05) is 42.1 Å². The topological polar surface area (TPSA) is 71.1 Å². The summed E-state index contributed by atoms with van der Waals surface area (Å²) < 4.78 is 10.7. The molecule has 2 rings (SSSR count). The van der Waals surface area contributed by atoms with Crippen molar-refractivity contribution in [1.29, 1.82) is 0 Å². The van der Waals surface area contributed by atoms with Crippen LogP contribution < -0.4 is 10.2 Å². The molecule has 168 valence electrons. The van der Waals surface area contributed by atoms with Gasteiger partial charge in [-0.05, 0) is 42.0 Å². The Morgan fingerprint density at radius 1 is 1.27 bits per heavy atom. The lowest BCUT2D eigenvalue weighted by Gasteiger charge is -2.30. The Bertz CT molecular complexity index is 722. The standard InChI is InChI=1S/C23H37N3O4/c1-23(2,3)13-22(28)26(15-19-8-7-11-30-19)14-17-12-18(24-21(27)16-29-6)9-10-20(17)25(4)5/h9-10,12,19H,7-8,11,13-16H2,1-6H3,(H,24,27)/t19-/m1/s1. The SMILES string of the molecule is COCC(=O)Nc1ccc(N(C)C)c(CN(C[C@H]2CCCO2)C(=O)CC(C)(C)C)c1. The fourth-order valence-electron chi connectivity index (χ4n) is 3.61. The van der Waals surface area contributed by atoms with Gasteiger partial charge in [0.2, 0.25) is 11.8 Å². The molecule has 1 aliphatic heterocycles. The van der Waals surface area contributed by atoms with Crippen molar-refractivity contribution < 1.29 is 19.1 Å². The fraction of sp³-hybridized carbons (Fsp3) is 0.652. The van der Waals surface area contributed by atoms with Gasteiger partial charge in [0.15, 0.2) is 0 Å². The van der Waals surface area contributed by atoms with Crippen molar-refractivity contribution in [2.24, 2.45) is 5.41 Å². The molecular formula is C23H37N3O4. The molecule has 0 aromatic heterocycles. The predicted molar refractivity (Wildman–Crippen MR) is 120 cm³/mol. The zero-order chi connectivity index (χ0) is 22.3. The number of benzene rings is 1. The molecule has 1 aliphatic rings. The molecule has 0 radical (unpaired) electrons. The molecule has 1 fully saturated rings. The van der Waals surface area contributed by atoms with E-state index in [1.165, 1.54) is 7.11 Å². The van der Waals surface area contributed by atoms with Gasteiger partial charge in [0, 0.05) is 58.7 Å². The molecule has 1 N–H and O–H groups in total. The van der Waals surface area contributed by atoms with Gasteiger partial charge >= 0.3 is 0 Å². The molecule has 2 amide bonds. The number of hydrogen-bond donors (Lipinski definition) is 1. The number of hydrogen-bond acceptors (Lipinski definition) is 5. The Morgan fingerprint density at radius 2 is 2.00 bits per heavy atom. The highest BCUT2D eigenvalue weighted by atomic mass is 16.5. The number of anilines is 2. The molecule has 7 heteroatoms. The summed E-state index contributed by atoms with van der Waals surface area (Å²) in [5.74, 6) is -0.0856. The van der Waals surface area contributed by atoms with E-state index >= 15 is 0 Å². The molecule has 0 aliphatic carbocycles. The number of carbonyl (C=O) groups is 2. The van der Waals surface area contributed by atoms with Gasteiger partial charge in [-0.25, -0.2) is 0 Å². The third-order valence-electron chi connectivity index (χ3n) is 4.96. The van der Waals surface area contributed by atoms with Crippen LogP contribution >= 0.6 is 0 Å². The second-order valence-electron chi connectivity index (χ2n) is 9.37. The molecule has 0 bridgehead atoms. The lowest BCUT2D eigenvalue weighted by Crippen LogP contribution is -2.38. The maximum Gasteiger partial charge on any atom is 0.250 e. The number of rotatable bonds is 9. The first-order valence-corrected chi connectivity index (χ1v) is 10.6. The summed E-state index contributed by atoms with van der Waals surface area (Å²) in [5.41, 5.74) is 2.60. The van der Waals surface area contributed by atoms with Crippen LogP contribution in [0.5, 0.6) is 0 Å². The molecule has 1 aromatic carbocycles. The molecule has 0 saturated carbocycles. The normalized spacial score (nSPS) is 16.4. The van der Waals surface area contributed by atoms with Gasteiger partial charge in [0.25, 0.3) is 0 Å². The van der Waals surface area contributed by atoms with Crippen molar-refractivity contribution in [1.82, 2.24) is 4.90 Å². The minimum absolute atomic E-state index is 0.0000221. The highest BCUT2D eigenvalue weighted by molar-refractivity contribution is 5.92. The smallest absolute Gasteiger partial charge is 0.250 e. The molecule has 0 spiro atoms. The summed E-state index contributed by atoms with van der Waals surface area (Å²) in [5, 5.41) is 2.85. The third kappa shape index (κ3) is 7.61. The van der Waals surface area contributed by atoms with E-state index in [0.717, 1.165) is 30.7 Å². The first-order chi connectivity index (χ1) is 14.1. The van der Waals surface area contributed by atoms with Crippen molar-refractivity contribution >= 4 is 23.2 Å². The maximum absolute atomic E-state index is 13.2. The summed E-state index contributed by atoms with van der Waals surface area (Å²) >= 11 is 0. The van der Waals surface area contributed by atoms with Crippen LogP contribution in [-0.4, -0.2) is 63.8 Å². The van der Waals surface area contributed by atoms with Gasteiger partial charge < -0.3 is 24.6 Å². The van der Waals surface area contributed by atoms with Gasteiger partial charge in [-0.1, -0.05) is 20.8 Å². The summed E-state index contributed by atoms with van der Waals surface area (Å²) in [7, 11) is 5.44. The summed E-state index contributed by atoms with van der Waals surface area (Å²) in [4.78, 5) is 29.0.